The number of nitrogens with zero attached hydrogens (tertiary/aromatic N) is 5. The van der Waals surface area contributed by atoms with Crippen LogP contribution < -0.4 is 10.1 Å². The molecule has 30 heavy (non-hydrogen) atoms. The van der Waals surface area contributed by atoms with Gasteiger partial charge in [0.2, 0.25) is 5.88 Å². The van der Waals surface area contributed by atoms with E-state index in [-0.39, 0.29) is 0 Å². The summed E-state index contributed by atoms with van der Waals surface area (Å²) >= 11 is 0. The number of benzene rings is 1. The Morgan fingerprint density at radius 2 is 1.87 bits per heavy atom. The van der Waals surface area contributed by atoms with Gasteiger partial charge in [0.05, 0.1) is 12.6 Å². The van der Waals surface area contributed by atoms with Gasteiger partial charge in [-0.3, -0.25) is 0 Å². The van der Waals surface area contributed by atoms with Crippen molar-refractivity contribution in [2.24, 2.45) is 0 Å². The summed E-state index contributed by atoms with van der Waals surface area (Å²) in [4.78, 5) is 20.3. The molecule has 0 spiro atoms. The number of likely N-dealkylation sites (tertiary alicyclic amines) is 1. The lowest BCUT2D eigenvalue weighted by Gasteiger charge is -2.30. The summed E-state index contributed by atoms with van der Waals surface area (Å²) in [5, 5.41) is 5.67. The van der Waals surface area contributed by atoms with Gasteiger partial charge in [0, 0.05) is 29.1 Å². The second-order valence-corrected chi connectivity index (χ2v) is 7.76. The molecular weight excluding hydrogens is 376 g/mol. The minimum absolute atomic E-state index is 0.432. The summed E-state index contributed by atoms with van der Waals surface area (Å²) in [6.07, 6.45) is 5.65. The Morgan fingerprint density at radius 1 is 1.00 bits per heavy atom. The minimum Gasteiger partial charge on any atom is -0.481 e. The van der Waals surface area contributed by atoms with Gasteiger partial charge in [0.1, 0.15) is 12.1 Å². The molecule has 0 atom stereocenters. The number of methoxy groups -OCH3 is 1. The number of hydrogen-bond donors (Lipinski definition) is 1. The number of pyridine rings is 2. The van der Waals surface area contributed by atoms with E-state index in [0.29, 0.717) is 17.6 Å². The molecule has 3 aromatic heterocycles. The van der Waals surface area contributed by atoms with Gasteiger partial charge in [-0.15, -0.1) is 0 Å². The lowest BCUT2D eigenvalue weighted by molar-refractivity contribution is 0.264. The first-order valence-electron chi connectivity index (χ1n) is 10.2. The first-order valence-corrected chi connectivity index (χ1v) is 10.2. The van der Waals surface area contributed by atoms with E-state index in [2.05, 4.69) is 55.4 Å². The molecule has 5 rings (SSSR count). The molecule has 0 aliphatic carbocycles. The van der Waals surface area contributed by atoms with E-state index in [1.54, 1.807) is 19.6 Å². The number of ether oxygens (including phenoxy) is 1. The standard InChI is InChI=1S/C23H24N6O/c1-29-11-8-16(9-12-29)27-23-19-13-15(3-5-20(19)25-14-26-23)17-7-10-24-22-18(17)4-6-21(28-22)30-2/h3-7,10,13-14,16H,8-9,11-12H2,1-2H3,(H,25,26,27). The highest BCUT2D eigenvalue weighted by molar-refractivity contribution is 5.98. The van der Waals surface area contributed by atoms with Crippen molar-refractivity contribution in [3.05, 3.63) is 48.9 Å². The molecule has 0 amide bonds. The average molecular weight is 400 g/mol. The molecule has 1 fully saturated rings. The van der Waals surface area contributed by atoms with Crippen molar-refractivity contribution >= 4 is 27.8 Å². The maximum absolute atomic E-state index is 5.24. The minimum atomic E-state index is 0.432. The summed E-state index contributed by atoms with van der Waals surface area (Å²) in [6, 6.07) is 12.6. The summed E-state index contributed by atoms with van der Waals surface area (Å²) in [5.74, 6) is 1.46. The van der Waals surface area contributed by atoms with E-state index in [1.807, 2.05) is 18.2 Å². The van der Waals surface area contributed by atoms with Gasteiger partial charge >= 0.3 is 0 Å². The van der Waals surface area contributed by atoms with Crippen LogP contribution in [-0.2, 0) is 0 Å². The zero-order chi connectivity index (χ0) is 20.5. The zero-order valence-electron chi connectivity index (χ0n) is 17.2. The number of anilines is 1. The van der Waals surface area contributed by atoms with E-state index in [0.717, 1.165) is 59.2 Å². The SMILES string of the molecule is COc1ccc2c(-c3ccc4ncnc(NC5CCN(C)CC5)c4c3)ccnc2n1. The molecule has 7 nitrogen and oxygen atoms in total. The van der Waals surface area contributed by atoms with Crippen molar-refractivity contribution in [1.82, 2.24) is 24.8 Å². The van der Waals surface area contributed by atoms with Gasteiger partial charge < -0.3 is 15.0 Å². The molecule has 1 aliphatic heterocycles. The second-order valence-electron chi connectivity index (χ2n) is 7.76. The van der Waals surface area contributed by atoms with Crippen LogP contribution in [0.4, 0.5) is 5.82 Å². The highest BCUT2D eigenvalue weighted by Crippen LogP contribution is 2.32. The summed E-state index contributed by atoms with van der Waals surface area (Å²) in [6.45, 7) is 2.21. The van der Waals surface area contributed by atoms with Crippen LogP contribution >= 0.6 is 0 Å². The van der Waals surface area contributed by atoms with Crippen molar-refractivity contribution in [2.45, 2.75) is 18.9 Å². The molecule has 152 valence electrons. The average Bonchev–Trinajstić information content (AvgIpc) is 2.79. The Labute approximate surface area is 175 Å². The van der Waals surface area contributed by atoms with Crippen molar-refractivity contribution in [2.75, 3.05) is 32.6 Å². The third-order valence-corrected chi connectivity index (χ3v) is 5.79. The number of rotatable bonds is 4. The van der Waals surface area contributed by atoms with Gasteiger partial charge in [-0.1, -0.05) is 6.07 Å². The lowest BCUT2D eigenvalue weighted by atomic mass is 10.0. The molecule has 4 heterocycles. The van der Waals surface area contributed by atoms with Gasteiger partial charge in [-0.25, -0.2) is 15.0 Å². The number of hydrogen-bond acceptors (Lipinski definition) is 7. The van der Waals surface area contributed by atoms with Crippen LogP contribution in [0.1, 0.15) is 12.8 Å². The van der Waals surface area contributed by atoms with Crippen molar-refractivity contribution in [1.29, 1.82) is 0 Å². The smallest absolute Gasteiger partial charge is 0.215 e. The Morgan fingerprint density at radius 3 is 2.70 bits per heavy atom. The van der Waals surface area contributed by atoms with Crippen LogP contribution in [-0.4, -0.2) is 58.1 Å². The maximum Gasteiger partial charge on any atom is 0.215 e. The van der Waals surface area contributed by atoms with E-state index < -0.39 is 0 Å². The zero-order valence-corrected chi connectivity index (χ0v) is 17.2. The third kappa shape index (κ3) is 3.52. The van der Waals surface area contributed by atoms with Crippen molar-refractivity contribution < 1.29 is 4.74 Å². The Hall–Kier alpha value is -3.32. The quantitative estimate of drug-likeness (QED) is 0.559. The number of fused-ring (bicyclic) bond motifs is 2. The van der Waals surface area contributed by atoms with E-state index in [9.17, 15) is 0 Å². The summed E-state index contributed by atoms with van der Waals surface area (Å²) in [7, 11) is 3.78. The molecule has 4 aromatic rings. The molecule has 7 heteroatoms. The molecule has 0 saturated carbocycles. The van der Waals surface area contributed by atoms with Crippen LogP contribution in [0.25, 0.3) is 33.1 Å². The van der Waals surface area contributed by atoms with Crippen LogP contribution in [0.5, 0.6) is 5.88 Å². The lowest BCUT2D eigenvalue weighted by Crippen LogP contribution is -2.36. The number of nitrogens with one attached hydrogen (secondary N) is 1. The summed E-state index contributed by atoms with van der Waals surface area (Å²) < 4.78 is 5.24. The monoisotopic (exact) mass is 400 g/mol. The Kier molecular flexibility index (Phi) is 4.88. The van der Waals surface area contributed by atoms with Crippen LogP contribution in [0, 0.1) is 0 Å². The predicted octanol–water partition coefficient (Wildman–Crippen LogP) is 3.75. The summed E-state index contributed by atoms with van der Waals surface area (Å²) in [5.41, 5.74) is 3.76. The van der Waals surface area contributed by atoms with Crippen LogP contribution in [0.2, 0.25) is 0 Å². The first kappa shape index (κ1) is 18.7. The molecule has 1 aliphatic rings. The predicted molar refractivity (Wildman–Crippen MR) is 119 cm³/mol. The van der Waals surface area contributed by atoms with Gasteiger partial charge in [-0.2, -0.15) is 4.98 Å². The fourth-order valence-electron chi connectivity index (χ4n) is 4.06. The maximum atomic E-state index is 5.24. The van der Waals surface area contributed by atoms with Crippen LogP contribution in [0.15, 0.2) is 48.9 Å². The van der Waals surface area contributed by atoms with Gasteiger partial charge in [0.25, 0.3) is 0 Å². The van der Waals surface area contributed by atoms with E-state index in [4.69, 9.17) is 4.74 Å². The third-order valence-electron chi connectivity index (χ3n) is 5.79. The topological polar surface area (TPSA) is 76.1 Å². The number of aromatic nitrogens is 4. The normalized spacial score (nSPS) is 15.5. The molecule has 1 N–H and O–H groups in total. The molecule has 1 saturated heterocycles. The Balaban J connectivity index is 1.56. The molecule has 0 unspecified atom stereocenters. The largest absolute Gasteiger partial charge is 0.481 e. The highest BCUT2D eigenvalue weighted by atomic mass is 16.5. The van der Waals surface area contributed by atoms with E-state index >= 15 is 0 Å². The molecule has 0 radical (unpaired) electrons. The van der Waals surface area contributed by atoms with Crippen molar-refractivity contribution in [3.63, 3.8) is 0 Å². The molecule has 0 bridgehead atoms. The highest BCUT2D eigenvalue weighted by Gasteiger charge is 2.18. The Bertz CT molecular complexity index is 1200. The van der Waals surface area contributed by atoms with E-state index in [1.165, 1.54) is 0 Å². The fraction of sp³-hybridized carbons (Fsp3) is 0.304. The number of piperidine rings is 1. The first-order chi connectivity index (χ1) is 14.7. The fourth-order valence-corrected chi connectivity index (χ4v) is 4.06. The van der Waals surface area contributed by atoms with Gasteiger partial charge in [0.15, 0.2) is 5.65 Å². The van der Waals surface area contributed by atoms with Crippen molar-refractivity contribution in [3.8, 4) is 17.0 Å². The molecule has 1 aromatic carbocycles. The van der Waals surface area contributed by atoms with Crippen LogP contribution in [0.3, 0.4) is 0 Å². The van der Waals surface area contributed by atoms with Gasteiger partial charge in [-0.05, 0) is 68.4 Å². The second kappa shape index (κ2) is 7.84. The molecular formula is C23H24N6O.